The standard InChI is InChI=1S/C17H18BrN/c1-12-5-7-13(8-6-12)17(14-9-10-14)19-16-4-2-3-15(18)11-16/h2-8,11,14,17,19H,9-10H2,1H3. The molecule has 1 N–H and O–H groups in total. The third-order valence-electron chi connectivity index (χ3n) is 3.68. The summed E-state index contributed by atoms with van der Waals surface area (Å²) in [6.45, 7) is 2.14. The van der Waals surface area contributed by atoms with Crippen LogP contribution in [-0.2, 0) is 0 Å². The zero-order chi connectivity index (χ0) is 13.2. The summed E-state index contributed by atoms with van der Waals surface area (Å²) in [5, 5.41) is 3.69. The first kappa shape index (κ1) is 12.7. The molecule has 0 saturated heterocycles. The molecule has 0 radical (unpaired) electrons. The van der Waals surface area contributed by atoms with Crippen LogP contribution in [0.3, 0.4) is 0 Å². The second-order valence-corrected chi connectivity index (χ2v) is 6.30. The van der Waals surface area contributed by atoms with Gasteiger partial charge < -0.3 is 5.32 Å². The Balaban J connectivity index is 1.83. The highest BCUT2D eigenvalue weighted by Gasteiger charge is 2.32. The maximum absolute atomic E-state index is 3.69. The molecule has 1 aliphatic rings. The van der Waals surface area contributed by atoms with E-state index in [2.05, 4.69) is 76.7 Å². The summed E-state index contributed by atoms with van der Waals surface area (Å²) in [5.74, 6) is 0.779. The summed E-state index contributed by atoms with van der Waals surface area (Å²) in [5.41, 5.74) is 3.90. The van der Waals surface area contributed by atoms with E-state index in [0.717, 1.165) is 10.4 Å². The summed E-state index contributed by atoms with van der Waals surface area (Å²) < 4.78 is 1.12. The van der Waals surface area contributed by atoms with Crippen LogP contribution in [0.2, 0.25) is 0 Å². The predicted octanol–water partition coefficient (Wildman–Crippen LogP) is 5.32. The minimum Gasteiger partial charge on any atom is -0.378 e. The van der Waals surface area contributed by atoms with Gasteiger partial charge in [-0.15, -0.1) is 0 Å². The van der Waals surface area contributed by atoms with E-state index < -0.39 is 0 Å². The van der Waals surface area contributed by atoms with Gasteiger partial charge in [-0.25, -0.2) is 0 Å². The van der Waals surface area contributed by atoms with Crippen molar-refractivity contribution in [3.05, 3.63) is 64.1 Å². The van der Waals surface area contributed by atoms with Gasteiger partial charge in [0.2, 0.25) is 0 Å². The Hall–Kier alpha value is -1.28. The molecule has 1 nitrogen and oxygen atoms in total. The van der Waals surface area contributed by atoms with E-state index in [-0.39, 0.29) is 0 Å². The van der Waals surface area contributed by atoms with Crippen molar-refractivity contribution in [2.24, 2.45) is 5.92 Å². The van der Waals surface area contributed by atoms with Gasteiger partial charge in [0.25, 0.3) is 0 Å². The Morgan fingerprint density at radius 3 is 2.47 bits per heavy atom. The lowest BCUT2D eigenvalue weighted by molar-refractivity contribution is 0.679. The van der Waals surface area contributed by atoms with E-state index in [4.69, 9.17) is 0 Å². The third kappa shape index (κ3) is 3.19. The van der Waals surface area contributed by atoms with Crippen LogP contribution in [-0.4, -0.2) is 0 Å². The average Bonchev–Trinajstić information content (AvgIpc) is 3.22. The van der Waals surface area contributed by atoms with E-state index in [0.29, 0.717) is 6.04 Å². The molecule has 0 aliphatic heterocycles. The smallest absolute Gasteiger partial charge is 0.0542 e. The second-order valence-electron chi connectivity index (χ2n) is 5.38. The number of hydrogen-bond acceptors (Lipinski definition) is 1. The molecule has 1 atom stereocenters. The Kier molecular flexibility index (Phi) is 3.61. The van der Waals surface area contributed by atoms with Gasteiger partial charge in [0.15, 0.2) is 0 Å². The first-order chi connectivity index (χ1) is 9.22. The van der Waals surface area contributed by atoms with Gasteiger partial charge in [-0.1, -0.05) is 51.8 Å². The van der Waals surface area contributed by atoms with Gasteiger partial charge in [-0.2, -0.15) is 0 Å². The largest absolute Gasteiger partial charge is 0.378 e. The first-order valence-corrected chi connectivity index (χ1v) is 7.60. The highest BCUT2D eigenvalue weighted by Crippen LogP contribution is 2.43. The molecular weight excluding hydrogens is 298 g/mol. The SMILES string of the molecule is Cc1ccc(C(Nc2cccc(Br)c2)C2CC2)cc1. The summed E-state index contributed by atoms with van der Waals surface area (Å²) in [6.07, 6.45) is 2.67. The Morgan fingerprint density at radius 1 is 1.11 bits per heavy atom. The molecule has 0 amide bonds. The number of benzene rings is 2. The molecule has 2 aromatic carbocycles. The van der Waals surface area contributed by atoms with Gasteiger partial charge in [-0.05, 0) is 49.4 Å². The fraction of sp³-hybridized carbons (Fsp3) is 0.294. The highest BCUT2D eigenvalue weighted by molar-refractivity contribution is 9.10. The Bertz CT molecular complexity index is 558. The van der Waals surface area contributed by atoms with Crippen LogP contribution < -0.4 is 5.32 Å². The monoisotopic (exact) mass is 315 g/mol. The van der Waals surface area contributed by atoms with E-state index in [1.807, 2.05) is 0 Å². The van der Waals surface area contributed by atoms with Crippen LogP contribution in [0.25, 0.3) is 0 Å². The topological polar surface area (TPSA) is 12.0 Å². The van der Waals surface area contributed by atoms with Crippen molar-refractivity contribution in [3.8, 4) is 0 Å². The quantitative estimate of drug-likeness (QED) is 0.805. The first-order valence-electron chi connectivity index (χ1n) is 6.81. The molecule has 0 heterocycles. The number of halogens is 1. The van der Waals surface area contributed by atoms with Crippen LogP contribution in [0.5, 0.6) is 0 Å². The summed E-state index contributed by atoms with van der Waals surface area (Å²) >= 11 is 3.53. The molecule has 2 aromatic rings. The maximum atomic E-state index is 3.69. The molecule has 0 aromatic heterocycles. The van der Waals surface area contributed by atoms with Crippen molar-refractivity contribution in [2.75, 3.05) is 5.32 Å². The fourth-order valence-corrected chi connectivity index (χ4v) is 2.83. The predicted molar refractivity (Wildman–Crippen MR) is 84.4 cm³/mol. The number of hydrogen-bond donors (Lipinski definition) is 1. The fourth-order valence-electron chi connectivity index (χ4n) is 2.43. The lowest BCUT2D eigenvalue weighted by atomic mass is 10.0. The molecule has 2 heteroatoms. The van der Waals surface area contributed by atoms with Gasteiger partial charge in [0.05, 0.1) is 6.04 Å². The van der Waals surface area contributed by atoms with Gasteiger partial charge >= 0.3 is 0 Å². The lowest BCUT2D eigenvalue weighted by Gasteiger charge is -2.20. The normalized spacial score (nSPS) is 16.1. The van der Waals surface area contributed by atoms with Crippen molar-refractivity contribution in [1.29, 1.82) is 0 Å². The minimum absolute atomic E-state index is 0.440. The molecular formula is C17H18BrN. The summed E-state index contributed by atoms with van der Waals surface area (Å²) in [7, 11) is 0. The van der Waals surface area contributed by atoms with Crippen LogP contribution in [0.1, 0.15) is 30.0 Å². The van der Waals surface area contributed by atoms with Crippen molar-refractivity contribution >= 4 is 21.6 Å². The average molecular weight is 316 g/mol. The highest BCUT2D eigenvalue weighted by atomic mass is 79.9. The van der Waals surface area contributed by atoms with Crippen LogP contribution in [0, 0.1) is 12.8 Å². The zero-order valence-electron chi connectivity index (χ0n) is 11.1. The van der Waals surface area contributed by atoms with Gasteiger partial charge in [-0.3, -0.25) is 0 Å². The molecule has 1 unspecified atom stereocenters. The summed E-state index contributed by atoms with van der Waals surface area (Å²) in [6, 6.07) is 17.8. The van der Waals surface area contributed by atoms with E-state index in [9.17, 15) is 0 Å². The third-order valence-corrected chi connectivity index (χ3v) is 4.17. The van der Waals surface area contributed by atoms with E-state index >= 15 is 0 Å². The number of anilines is 1. The second kappa shape index (κ2) is 5.38. The van der Waals surface area contributed by atoms with Crippen LogP contribution in [0.4, 0.5) is 5.69 Å². The molecule has 19 heavy (non-hydrogen) atoms. The van der Waals surface area contributed by atoms with Crippen molar-refractivity contribution in [1.82, 2.24) is 0 Å². The zero-order valence-corrected chi connectivity index (χ0v) is 12.7. The van der Waals surface area contributed by atoms with Gasteiger partial charge in [0.1, 0.15) is 0 Å². The summed E-state index contributed by atoms with van der Waals surface area (Å²) in [4.78, 5) is 0. The number of aryl methyl sites for hydroxylation is 1. The molecule has 3 rings (SSSR count). The number of rotatable bonds is 4. The Morgan fingerprint density at radius 2 is 1.84 bits per heavy atom. The van der Waals surface area contributed by atoms with Crippen LogP contribution in [0.15, 0.2) is 53.0 Å². The van der Waals surface area contributed by atoms with Crippen molar-refractivity contribution in [3.63, 3.8) is 0 Å². The molecule has 1 fully saturated rings. The molecule has 1 aliphatic carbocycles. The minimum atomic E-state index is 0.440. The molecule has 1 saturated carbocycles. The number of nitrogens with one attached hydrogen (secondary N) is 1. The van der Waals surface area contributed by atoms with Crippen molar-refractivity contribution in [2.45, 2.75) is 25.8 Å². The van der Waals surface area contributed by atoms with E-state index in [1.54, 1.807) is 0 Å². The molecule has 0 bridgehead atoms. The molecule has 98 valence electrons. The van der Waals surface area contributed by atoms with Crippen LogP contribution >= 0.6 is 15.9 Å². The maximum Gasteiger partial charge on any atom is 0.0542 e. The van der Waals surface area contributed by atoms with E-state index in [1.165, 1.54) is 29.7 Å². The molecule has 0 spiro atoms. The van der Waals surface area contributed by atoms with Crippen molar-refractivity contribution < 1.29 is 0 Å². The van der Waals surface area contributed by atoms with Gasteiger partial charge in [0, 0.05) is 10.2 Å². The Labute approximate surface area is 123 Å². The lowest BCUT2D eigenvalue weighted by Crippen LogP contribution is -2.12.